The molecule has 3 aliphatic rings. The molecule has 3 aliphatic carbocycles. The molecular weight excluding hydrogens is 268 g/mol. The van der Waals surface area contributed by atoms with E-state index >= 15 is 0 Å². The third-order valence-corrected chi connectivity index (χ3v) is 6.44. The van der Waals surface area contributed by atoms with Crippen LogP contribution >= 0.6 is 0 Å². The smallest absolute Gasteiger partial charge is 0.327 e. The number of aliphatic carboxylic acids is 1. The van der Waals surface area contributed by atoms with Gasteiger partial charge in [0.2, 0.25) is 0 Å². The maximum absolute atomic E-state index is 9.42. The number of aliphatic hydroxyl groups excluding tert-OH is 2. The Morgan fingerprint density at radius 3 is 2.43 bits per heavy atom. The van der Waals surface area contributed by atoms with Crippen LogP contribution in [0.3, 0.4) is 0 Å². The van der Waals surface area contributed by atoms with Gasteiger partial charge in [0, 0.05) is 19.3 Å². The fourth-order valence-electron chi connectivity index (χ4n) is 5.87. The molecule has 0 aromatic carbocycles. The summed E-state index contributed by atoms with van der Waals surface area (Å²) in [5, 5.41) is 26.4. The molecule has 4 heteroatoms. The van der Waals surface area contributed by atoms with Gasteiger partial charge in [-0.1, -0.05) is 13.0 Å². The second-order valence-corrected chi connectivity index (χ2v) is 6.93. The van der Waals surface area contributed by atoms with Crippen LogP contribution in [0.2, 0.25) is 0 Å². The van der Waals surface area contributed by atoms with Crippen LogP contribution < -0.4 is 0 Å². The van der Waals surface area contributed by atoms with Crippen LogP contribution in [0.15, 0.2) is 12.7 Å². The summed E-state index contributed by atoms with van der Waals surface area (Å²) in [7, 11) is 0. The summed E-state index contributed by atoms with van der Waals surface area (Å²) < 4.78 is 0. The third kappa shape index (κ3) is 2.64. The molecule has 0 spiro atoms. The molecule has 0 saturated heterocycles. The van der Waals surface area contributed by atoms with E-state index in [1.54, 1.807) is 0 Å². The van der Waals surface area contributed by atoms with Crippen molar-refractivity contribution in [3.8, 4) is 0 Å². The number of carbonyl (C=O) groups is 1. The summed E-state index contributed by atoms with van der Waals surface area (Å²) in [6.07, 6.45) is 10.9. The zero-order valence-corrected chi connectivity index (χ0v) is 12.8. The zero-order valence-electron chi connectivity index (χ0n) is 12.8. The van der Waals surface area contributed by atoms with Gasteiger partial charge in [0.1, 0.15) is 0 Å². The van der Waals surface area contributed by atoms with Crippen molar-refractivity contribution in [1.82, 2.24) is 0 Å². The molecule has 0 aromatic rings. The normalized spacial score (nSPS) is 39.5. The van der Waals surface area contributed by atoms with Gasteiger partial charge in [-0.05, 0) is 67.6 Å². The summed E-state index contributed by atoms with van der Waals surface area (Å²) in [4.78, 5) is 9.25. The van der Waals surface area contributed by atoms with Gasteiger partial charge in [-0.15, -0.1) is 0 Å². The molecule has 0 aromatic heterocycles. The fourth-order valence-corrected chi connectivity index (χ4v) is 5.87. The Kier molecular flexibility index (Phi) is 5.10. The first-order valence-corrected chi connectivity index (χ1v) is 8.12. The van der Waals surface area contributed by atoms with Crippen LogP contribution in [0.1, 0.15) is 51.4 Å². The first-order valence-electron chi connectivity index (χ1n) is 8.12. The van der Waals surface area contributed by atoms with Crippen molar-refractivity contribution in [3.05, 3.63) is 12.7 Å². The Bertz CT molecular complexity index is 394. The minimum atomic E-state index is -0.981. The molecule has 2 bridgehead atoms. The second-order valence-electron chi connectivity index (χ2n) is 6.93. The first-order chi connectivity index (χ1) is 10.0. The quantitative estimate of drug-likeness (QED) is 0.681. The summed E-state index contributed by atoms with van der Waals surface area (Å²) >= 11 is 0. The van der Waals surface area contributed by atoms with E-state index in [4.69, 9.17) is 5.11 Å². The molecule has 21 heavy (non-hydrogen) atoms. The largest absolute Gasteiger partial charge is 0.478 e. The van der Waals surface area contributed by atoms with Crippen molar-refractivity contribution >= 4 is 5.97 Å². The van der Waals surface area contributed by atoms with Crippen molar-refractivity contribution in [2.45, 2.75) is 51.4 Å². The van der Waals surface area contributed by atoms with Crippen LogP contribution in [-0.2, 0) is 4.79 Å². The number of rotatable bonds is 5. The molecule has 4 nitrogen and oxygen atoms in total. The van der Waals surface area contributed by atoms with Crippen molar-refractivity contribution in [1.29, 1.82) is 0 Å². The van der Waals surface area contributed by atoms with Gasteiger partial charge in [0.25, 0.3) is 0 Å². The molecule has 0 aliphatic heterocycles. The topological polar surface area (TPSA) is 77.8 Å². The van der Waals surface area contributed by atoms with Gasteiger partial charge < -0.3 is 15.3 Å². The van der Waals surface area contributed by atoms with E-state index < -0.39 is 5.97 Å². The zero-order chi connectivity index (χ0) is 15.5. The number of aliphatic hydroxyl groups is 2. The van der Waals surface area contributed by atoms with Crippen molar-refractivity contribution in [2.75, 3.05) is 13.2 Å². The summed E-state index contributed by atoms with van der Waals surface area (Å²) in [6, 6.07) is 0. The molecule has 3 rings (SSSR count). The Labute approximate surface area is 126 Å². The molecule has 3 saturated carbocycles. The van der Waals surface area contributed by atoms with Gasteiger partial charge in [0.15, 0.2) is 0 Å². The van der Waals surface area contributed by atoms with Crippen LogP contribution in [0.25, 0.3) is 0 Å². The highest BCUT2D eigenvalue weighted by Gasteiger charge is 2.66. The van der Waals surface area contributed by atoms with E-state index in [1.807, 2.05) is 0 Å². The molecular formula is C17H28O4. The molecule has 120 valence electrons. The third-order valence-electron chi connectivity index (χ3n) is 6.44. The van der Waals surface area contributed by atoms with Gasteiger partial charge in [-0.25, -0.2) is 4.79 Å². The SMILES string of the molecule is C=CC(=O)O.OCCC12CCC(C1)C1CCCC12CCO. The number of hydrogen-bond acceptors (Lipinski definition) is 3. The fraction of sp³-hybridized carbons (Fsp3) is 0.824. The van der Waals surface area contributed by atoms with Gasteiger partial charge in [-0.2, -0.15) is 0 Å². The van der Waals surface area contributed by atoms with E-state index in [0.29, 0.717) is 24.0 Å². The van der Waals surface area contributed by atoms with E-state index in [0.717, 1.165) is 30.8 Å². The van der Waals surface area contributed by atoms with E-state index in [-0.39, 0.29) is 0 Å². The molecule has 4 atom stereocenters. The molecule has 3 N–H and O–H groups in total. The summed E-state index contributed by atoms with van der Waals surface area (Å²) in [6.45, 7) is 3.64. The van der Waals surface area contributed by atoms with Gasteiger partial charge in [-0.3, -0.25) is 0 Å². The molecule has 4 unspecified atom stereocenters. The van der Waals surface area contributed by atoms with Crippen molar-refractivity contribution in [3.63, 3.8) is 0 Å². The molecule has 0 amide bonds. The highest BCUT2D eigenvalue weighted by atomic mass is 16.4. The average molecular weight is 296 g/mol. The lowest BCUT2D eigenvalue weighted by Gasteiger charge is -2.48. The van der Waals surface area contributed by atoms with Crippen LogP contribution in [0, 0.1) is 22.7 Å². The lowest BCUT2D eigenvalue weighted by Crippen LogP contribution is -2.42. The predicted octanol–water partition coefficient (Wildman–Crippen LogP) is 2.59. The lowest BCUT2D eigenvalue weighted by atomic mass is 9.57. The summed E-state index contributed by atoms with van der Waals surface area (Å²) in [5.41, 5.74) is 0.809. The molecule has 0 radical (unpaired) electrons. The molecule has 3 fully saturated rings. The van der Waals surface area contributed by atoms with Gasteiger partial charge in [0.05, 0.1) is 0 Å². The van der Waals surface area contributed by atoms with E-state index in [1.165, 1.54) is 38.5 Å². The van der Waals surface area contributed by atoms with Crippen LogP contribution in [-0.4, -0.2) is 34.5 Å². The van der Waals surface area contributed by atoms with E-state index in [9.17, 15) is 15.0 Å². The number of carboxylic acids is 1. The highest BCUT2D eigenvalue weighted by molar-refractivity contribution is 5.78. The van der Waals surface area contributed by atoms with Crippen molar-refractivity contribution < 1.29 is 20.1 Å². The van der Waals surface area contributed by atoms with Crippen LogP contribution in [0.5, 0.6) is 0 Å². The number of fused-ring (bicyclic) bond motifs is 5. The maximum atomic E-state index is 9.42. The standard InChI is InChI=1S/C14H24O2.C3H4O2/c15-8-6-13-5-3-11(10-13)12-2-1-4-14(12,13)7-9-16;1-2-3(4)5/h11-12,15-16H,1-10H2;2H,1H2,(H,4,5). The highest BCUT2D eigenvalue weighted by Crippen LogP contribution is 2.74. The van der Waals surface area contributed by atoms with Crippen molar-refractivity contribution in [2.24, 2.45) is 22.7 Å². The average Bonchev–Trinajstić information content (AvgIpc) is 3.10. The maximum Gasteiger partial charge on any atom is 0.327 e. The second kappa shape index (κ2) is 6.49. The molecule has 0 heterocycles. The lowest BCUT2D eigenvalue weighted by molar-refractivity contribution is -0.131. The summed E-state index contributed by atoms with van der Waals surface area (Å²) in [5.74, 6) is 0.811. The minimum Gasteiger partial charge on any atom is -0.478 e. The van der Waals surface area contributed by atoms with Gasteiger partial charge >= 0.3 is 5.97 Å². The monoisotopic (exact) mass is 296 g/mol. The van der Waals surface area contributed by atoms with E-state index in [2.05, 4.69) is 6.58 Å². The number of hydrogen-bond donors (Lipinski definition) is 3. The Balaban J connectivity index is 0.000000282. The predicted molar refractivity (Wildman–Crippen MR) is 80.8 cm³/mol. The van der Waals surface area contributed by atoms with Crippen LogP contribution in [0.4, 0.5) is 0 Å². The Morgan fingerprint density at radius 2 is 1.86 bits per heavy atom. The number of carboxylic acid groups (broad SMARTS) is 1. The Hall–Kier alpha value is -0.870. The minimum absolute atomic E-state index is 0.340. The Morgan fingerprint density at radius 1 is 1.19 bits per heavy atom. The first kappa shape index (κ1) is 16.5.